The van der Waals surface area contributed by atoms with Gasteiger partial charge in [0.05, 0.1) is 18.2 Å². The standard InChI is InChI=1S/C13H27N3O2/c1-10(2)11(14)12(17)15-5-6-16-7-8-18-13(3,4)9-16/h10-11H,5-9,14H2,1-4H3,(H,15,17)/t11-/m0/s1. The minimum Gasteiger partial charge on any atom is -0.373 e. The fourth-order valence-corrected chi connectivity index (χ4v) is 2.06. The van der Waals surface area contributed by atoms with Crippen LogP contribution in [0.25, 0.3) is 0 Å². The first kappa shape index (κ1) is 15.4. The van der Waals surface area contributed by atoms with Crippen LogP contribution in [0, 0.1) is 5.92 Å². The molecule has 0 aromatic heterocycles. The van der Waals surface area contributed by atoms with E-state index < -0.39 is 6.04 Å². The molecule has 1 aliphatic heterocycles. The Bertz CT molecular complexity index is 279. The van der Waals surface area contributed by atoms with Crippen LogP contribution in [0.5, 0.6) is 0 Å². The number of hydrogen-bond donors (Lipinski definition) is 2. The second-order valence-electron chi connectivity index (χ2n) is 5.95. The van der Waals surface area contributed by atoms with E-state index in [0.717, 1.165) is 26.2 Å². The SMILES string of the molecule is CC(C)[C@H](N)C(=O)NCCN1CCOC(C)(C)C1. The molecule has 0 saturated carbocycles. The molecule has 0 unspecified atom stereocenters. The van der Waals surface area contributed by atoms with Crippen molar-refractivity contribution in [1.82, 2.24) is 10.2 Å². The first-order valence-electron chi connectivity index (χ1n) is 6.71. The molecule has 106 valence electrons. The Morgan fingerprint density at radius 1 is 1.50 bits per heavy atom. The highest BCUT2D eigenvalue weighted by Crippen LogP contribution is 2.15. The van der Waals surface area contributed by atoms with Crippen LogP contribution >= 0.6 is 0 Å². The molecular formula is C13H27N3O2. The van der Waals surface area contributed by atoms with Crippen LogP contribution in [0.1, 0.15) is 27.7 Å². The molecule has 0 aromatic rings. The van der Waals surface area contributed by atoms with Gasteiger partial charge in [-0.25, -0.2) is 0 Å². The van der Waals surface area contributed by atoms with Crippen LogP contribution in [-0.2, 0) is 9.53 Å². The molecule has 1 fully saturated rings. The molecule has 1 atom stereocenters. The summed E-state index contributed by atoms with van der Waals surface area (Å²) < 4.78 is 5.64. The molecule has 0 spiro atoms. The minimum absolute atomic E-state index is 0.0579. The number of nitrogens with zero attached hydrogens (tertiary/aromatic N) is 1. The van der Waals surface area contributed by atoms with Crippen LogP contribution in [-0.4, -0.2) is 55.2 Å². The topological polar surface area (TPSA) is 67.6 Å². The number of morpholine rings is 1. The van der Waals surface area contributed by atoms with Crippen LogP contribution in [0.15, 0.2) is 0 Å². The maximum absolute atomic E-state index is 11.7. The smallest absolute Gasteiger partial charge is 0.237 e. The van der Waals surface area contributed by atoms with Gasteiger partial charge in [-0.2, -0.15) is 0 Å². The van der Waals surface area contributed by atoms with Gasteiger partial charge in [0.1, 0.15) is 0 Å². The van der Waals surface area contributed by atoms with Crippen molar-refractivity contribution in [2.24, 2.45) is 11.7 Å². The van der Waals surface area contributed by atoms with Crippen molar-refractivity contribution in [3.63, 3.8) is 0 Å². The fourth-order valence-electron chi connectivity index (χ4n) is 2.06. The van der Waals surface area contributed by atoms with Crippen molar-refractivity contribution in [3.05, 3.63) is 0 Å². The molecule has 1 rings (SSSR count). The van der Waals surface area contributed by atoms with Gasteiger partial charge in [0.2, 0.25) is 5.91 Å². The van der Waals surface area contributed by atoms with Gasteiger partial charge >= 0.3 is 0 Å². The van der Waals surface area contributed by atoms with Gasteiger partial charge in [-0.1, -0.05) is 13.8 Å². The summed E-state index contributed by atoms with van der Waals surface area (Å²) in [5.74, 6) is 0.116. The largest absolute Gasteiger partial charge is 0.373 e. The molecule has 0 aliphatic carbocycles. The Morgan fingerprint density at radius 3 is 2.72 bits per heavy atom. The van der Waals surface area contributed by atoms with E-state index >= 15 is 0 Å². The minimum atomic E-state index is -0.411. The van der Waals surface area contributed by atoms with Crippen molar-refractivity contribution in [2.75, 3.05) is 32.8 Å². The highest BCUT2D eigenvalue weighted by Gasteiger charge is 2.26. The summed E-state index contributed by atoms with van der Waals surface area (Å²) in [4.78, 5) is 14.0. The second kappa shape index (κ2) is 6.50. The van der Waals surface area contributed by atoms with E-state index in [1.807, 2.05) is 13.8 Å². The van der Waals surface area contributed by atoms with Crippen LogP contribution < -0.4 is 11.1 Å². The van der Waals surface area contributed by atoms with Crippen LogP contribution in [0.4, 0.5) is 0 Å². The molecule has 1 heterocycles. The molecule has 5 heteroatoms. The normalized spacial score (nSPS) is 21.9. The van der Waals surface area contributed by atoms with Crippen molar-refractivity contribution >= 4 is 5.91 Å². The quantitative estimate of drug-likeness (QED) is 0.738. The van der Waals surface area contributed by atoms with Gasteiger partial charge < -0.3 is 15.8 Å². The number of hydrogen-bond acceptors (Lipinski definition) is 4. The summed E-state index contributed by atoms with van der Waals surface area (Å²) in [5.41, 5.74) is 5.69. The number of nitrogens with one attached hydrogen (secondary N) is 1. The number of carbonyl (C=O) groups is 1. The van der Waals surface area contributed by atoms with Gasteiger partial charge in [-0.3, -0.25) is 9.69 Å². The molecular weight excluding hydrogens is 230 g/mol. The van der Waals surface area contributed by atoms with Crippen LogP contribution in [0.2, 0.25) is 0 Å². The third-order valence-corrected chi connectivity index (χ3v) is 3.25. The predicted molar refractivity (Wildman–Crippen MR) is 72.3 cm³/mol. The van der Waals surface area contributed by atoms with Crippen molar-refractivity contribution in [1.29, 1.82) is 0 Å². The molecule has 18 heavy (non-hydrogen) atoms. The van der Waals surface area contributed by atoms with E-state index in [0.29, 0.717) is 6.54 Å². The Hall–Kier alpha value is -0.650. The molecule has 5 nitrogen and oxygen atoms in total. The second-order valence-corrected chi connectivity index (χ2v) is 5.95. The molecule has 0 bridgehead atoms. The van der Waals surface area contributed by atoms with Crippen molar-refractivity contribution < 1.29 is 9.53 Å². The van der Waals surface area contributed by atoms with Gasteiger partial charge in [0.15, 0.2) is 0 Å². The molecule has 1 amide bonds. The van der Waals surface area contributed by atoms with E-state index in [-0.39, 0.29) is 17.4 Å². The lowest BCUT2D eigenvalue weighted by molar-refractivity contribution is -0.123. The molecule has 3 N–H and O–H groups in total. The summed E-state index contributed by atoms with van der Waals surface area (Å²) in [7, 11) is 0. The lowest BCUT2D eigenvalue weighted by Gasteiger charge is -2.38. The first-order valence-corrected chi connectivity index (χ1v) is 6.71. The highest BCUT2D eigenvalue weighted by molar-refractivity contribution is 5.81. The third kappa shape index (κ3) is 4.92. The average Bonchev–Trinajstić information content (AvgIpc) is 2.26. The Labute approximate surface area is 110 Å². The summed E-state index contributed by atoms with van der Waals surface area (Å²) in [5, 5.41) is 2.89. The Kier molecular flexibility index (Phi) is 5.56. The number of rotatable bonds is 5. The molecule has 1 saturated heterocycles. The van der Waals surface area contributed by atoms with Gasteiger partial charge in [0, 0.05) is 26.2 Å². The maximum Gasteiger partial charge on any atom is 0.237 e. The first-order chi connectivity index (χ1) is 8.32. The third-order valence-electron chi connectivity index (χ3n) is 3.25. The molecule has 1 aliphatic rings. The van der Waals surface area contributed by atoms with Crippen LogP contribution in [0.3, 0.4) is 0 Å². The van der Waals surface area contributed by atoms with E-state index in [1.165, 1.54) is 0 Å². The summed E-state index contributed by atoms with van der Waals surface area (Å²) in [6.07, 6.45) is 0. The van der Waals surface area contributed by atoms with Gasteiger partial charge in [-0.05, 0) is 19.8 Å². The van der Waals surface area contributed by atoms with E-state index in [9.17, 15) is 4.79 Å². The number of amides is 1. The van der Waals surface area contributed by atoms with Gasteiger partial charge in [-0.15, -0.1) is 0 Å². The predicted octanol–water partition coefficient (Wildman–Crippen LogP) is 0.197. The summed E-state index contributed by atoms with van der Waals surface area (Å²) in [6.45, 7) is 12.2. The zero-order chi connectivity index (χ0) is 13.8. The molecule has 0 radical (unpaired) electrons. The number of nitrogens with two attached hydrogens (primary N) is 1. The number of ether oxygens (including phenoxy) is 1. The Morgan fingerprint density at radius 2 is 2.17 bits per heavy atom. The van der Waals surface area contributed by atoms with E-state index in [2.05, 4.69) is 24.1 Å². The fraction of sp³-hybridized carbons (Fsp3) is 0.923. The maximum atomic E-state index is 11.7. The van der Waals surface area contributed by atoms with E-state index in [1.54, 1.807) is 0 Å². The zero-order valence-electron chi connectivity index (χ0n) is 12.0. The van der Waals surface area contributed by atoms with Gasteiger partial charge in [0.25, 0.3) is 0 Å². The monoisotopic (exact) mass is 257 g/mol. The van der Waals surface area contributed by atoms with Crippen molar-refractivity contribution in [3.8, 4) is 0 Å². The zero-order valence-corrected chi connectivity index (χ0v) is 12.0. The summed E-state index contributed by atoms with van der Waals surface area (Å²) in [6, 6.07) is -0.411. The molecule has 0 aromatic carbocycles. The van der Waals surface area contributed by atoms with E-state index in [4.69, 9.17) is 10.5 Å². The highest BCUT2D eigenvalue weighted by atomic mass is 16.5. The number of carbonyl (C=O) groups excluding carboxylic acids is 1. The average molecular weight is 257 g/mol. The summed E-state index contributed by atoms with van der Waals surface area (Å²) >= 11 is 0. The lowest BCUT2D eigenvalue weighted by Crippen LogP contribution is -2.51. The lowest BCUT2D eigenvalue weighted by atomic mass is 10.1. The van der Waals surface area contributed by atoms with Crippen molar-refractivity contribution in [2.45, 2.75) is 39.3 Å². The Balaban J connectivity index is 2.23.